The van der Waals surface area contributed by atoms with E-state index in [9.17, 15) is 9.59 Å². The van der Waals surface area contributed by atoms with E-state index in [0.29, 0.717) is 19.4 Å². The molecule has 0 aromatic rings. The number of hydrogen-bond acceptors (Lipinski definition) is 3. The first kappa shape index (κ1) is 13.9. The number of unbranched alkanes of at least 4 members (excludes halogenated alkanes) is 1. The van der Waals surface area contributed by atoms with Gasteiger partial charge in [0.05, 0.1) is 0 Å². The first-order valence-corrected chi connectivity index (χ1v) is 5.33. The Morgan fingerprint density at radius 1 is 1.40 bits per heavy atom. The van der Waals surface area contributed by atoms with Crippen molar-refractivity contribution in [3.63, 3.8) is 0 Å². The zero-order valence-corrected chi connectivity index (χ0v) is 9.16. The normalized spacial score (nSPS) is 12.1. The summed E-state index contributed by atoms with van der Waals surface area (Å²) >= 11 is 0. The molecule has 0 spiro atoms. The molecule has 0 radical (unpaired) electrons. The summed E-state index contributed by atoms with van der Waals surface area (Å²) in [5, 5.41) is 11.3. The molecule has 0 aromatic carbocycles. The van der Waals surface area contributed by atoms with Crippen molar-refractivity contribution >= 4 is 11.9 Å². The van der Waals surface area contributed by atoms with Crippen molar-refractivity contribution in [2.45, 2.75) is 45.1 Å². The van der Waals surface area contributed by atoms with Crippen LogP contribution in [0.5, 0.6) is 0 Å². The van der Waals surface area contributed by atoms with E-state index in [2.05, 4.69) is 5.32 Å². The number of nitrogens with one attached hydrogen (secondary N) is 1. The Morgan fingerprint density at radius 2 is 2.07 bits per heavy atom. The molecule has 5 nitrogen and oxygen atoms in total. The fraction of sp³-hybridized carbons (Fsp3) is 0.800. The standard InChI is InChI=1S/C10H20N2O3/c1-2-5-9(13)12-7-4-3-6-8(11)10(14)15/h8H,2-7,11H2,1H3,(H,12,13)(H,14,15). The molecule has 88 valence electrons. The molecule has 0 aliphatic carbocycles. The molecule has 0 saturated carbocycles. The predicted octanol–water partition coefficient (Wildman–Crippen LogP) is 0.485. The summed E-state index contributed by atoms with van der Waals surface area (Å²) in [6.45, 7) is 2.55. The number of rotatable bonds is 8. The van der Waals surface area contributed by atoms with Crippen molar-refractivity contribution in [2.24, 2.45) is 5.73 Å². The zero-order valence-electron chi connectivity index (χ0n) is 9.16. The molecular formula is C10H20N2O3. The van der Waals surface area contributed by atoms with Gasteiger partial charge in [-0.25, -0.2) is 0 Å². The highest BCUT2D eigenvalue weighted by atomic mass is 16.4. The number of carboxylic acid groups (broad SMARTS) is 1. The van der Waals surface area contributed by atoms with Gasteiger partial charge in [-0.2, -0.15) is 0 Å². The summed E-state index contributed by atoms with van der Waals surface area (Å²) in [5.41, 5.74) is 5.32. The minimum Gasteiger partial charge on any atom is -0.480 e. The summed E-state index contributed by atoms with van der Waals surface area (Å²) in [5.74, 6) is -0.912. The SMILES string of the molecule is CCCC(=O)NCCCCC(N)C(=O)O. The lowest BCUT2D eigenvalue weighted by Crippen LogP contribution is -2.30. The molecule has 1 unspecified atom stereocenters. The van der Waals surface area contributed by atoms with E-state index in [4.69, 9.17) is 10.8 Å². The highest BCUT2D eigenvalue weighted by Gasteiger charge is 2.09. The van der Waals surface area contributed by atoms with Gasteiger partial charge in [0.1, 0.15) is 6.04 Å². The molecule has 4 N–H and O–H groups in total. The van der Waals surface area contributed by atoms with E-state index >= 15 is 0 Å². The number of amides is 1. The Hall–Kier alpha value is -1.10. The summed E-state index contributed by atoms with van der Waals surface area (Å²) in [7, 11) is 0. The fourth-order valence-electron chi connectivity index (χ4n) is 1.16. The predicted molar refractivity (Wildman–Crippen MR) is 57.4 cm³/mol. The van der Waals surface area contributed by atoms with Crippen LogP contribution in [0.4, 0.5) is 0 Å². The van der Waals surface area contributed by atoms with Gasteiger partial charge in [-0.3, -0.25) is 9.59 Å². The molecule has 0 fully saturated rings. The Kier molecular flexibility index (Phi) is 7.62. The van der Waals surface area contributed by atoms with Crippen molar-refractivity contribution < 1.29 is 14.7 Å². The van der Waals surface area contributed by atoms with Gasteiger partial charge in [0.15, 0.2) is 0 Å². The average Bonchev–Trinajstić information content (AvgIpc) is 2.17. The number of nitrogens with two attached hydrogens (primary N) is 1. The highest BCUT2D eigenvalue weighted by Crippen LogP contribution is 1.98. The van der Waals surface area contributed by atoms with Crippen LogP contribution in [-0.4, -0.2) is 29.6 Å². The maximum absolute atomic E-state index is 11.0. The van der Waals surface area contributed by atoms with Crippen LogP contribution in [-0.2, 0) is 9.59 Å². The third kappa shape index (κ3) is 7.93. The third-order valence-corrected chi connectivity index (χ3v) is 2.06. The quantitative estimate of drug-likeness (QED) is 0.515. The Bertz CT molecular complexity index is 207. The zero-order chi connectivity index (χ0) is 11.7. The van der Waals surface area contributed by atoms with Crippen molar-refractivity contribution in [3.05, 3.63) is 0 Å². The average molecular weight is 216 g/mol. The summed E-state index contributed by atoms with van der Waals surface area (Å²) in [6, 6.07) is -0.781. The van der Waals surface area contributed by atoms with Crippen LogP contribution < -0.4 is 11.1 Å². The molecule has 1 atom stereocenters. The maximum Gasteiger partial charge on any atom is 0.320 e. The molecule has 0 rings (SSSR count). The lowest BCUT2D eigenvalue weighted by Gasteiger charge is -2.06. The Balaban J connectivity index is 3.32. The number of carbonyl (C=O) groups excluding carboxylic acids is 1. The monoisotopic (exact) mass is 216 g/mol. The van der Waals surface area contributed by atoms with Crippen molar-refractivity contribution in [1.29, 1.82) is 0 Å². The molecule has 0 heterocycles. The van der Waals surface area contributed by atoms with Gasteiger partial charge in [-0.05, 0) is 25.7 Å². The van der Waals surface area contributed by atoms with Gasteiger partial charge in [0.25, 0.3) is 0 Å². The summed E-state index contributed by atoms with van der Waals surface area (Å²) in [6.07, 6.45) is 3.35. The molecule has 0 bridgehead atoms. The number of carboxylic acids is 1. The van der Waals surface area contributed by atoms with Crippen LogP contribution >= 0.6 is 0 Å². The van der Waals surface area contributed by atoms with Crippen LogP contribution in [0.1, 0.15) is 39.0 Å². The Morgan fingerprint density at radius 3 is 2.60 bits per heavy atom. The van der Waals surface area contributed by atoms with Crippen LogP contribution in [0, 0.1) is 0 Å². The van der Waals surface area contributed by atoms with E-state index in [1.807, 2.05) is 6.92 Å². The van der Waals surface area contributed by atoms with Crippen LogP contribution in [0.15, 0.2) is 0 Å². The van der Waals surface area contributed by atoms with E-state index in [-0.39, 0.29) is 5.91 Å². The minimum atomic E-state index is -0.968. The summed E-state index contributed by atoms with van der Waals surface area (Å²) < 4.78 is 0. The number of aliphatic carboxylic acids is 1. The number of carbonyl (C=O) groups is 2. The van der Waals surface area contributed by atoms with Gasteiger partial charge in [-0.1, -0.05) is 6.92 Å². The smallest absolute Gasteiger partial charge is 0.320 e. The second-order valence-corrected chi connectivity index (χ2v) is 3.54. The van der Waals surface area contributed by atoms with Gasteiger partial charge < -0.3 is 16.2 Å². The van der Waals surface area contributed by atoms with Crippen LogP contribution in [0.3, 0.4) is 0 Å². The summed E-state index contributed by atoms with van der Waals surface area (Å²) in [4.78, 5) is 21.4. The van der Waals surface area contributed by atoms with E-state index < -0.39 is 12.0 Å². The van der Waals surface area contributed by atoms with Crippen molar-refractivity contribution in [2.75, 3.05) is 6.54 Å². The van der Waals surface area contributed by atoms with Crippen LogP contribution in [0.25, 0.3) is 0 Å². The van der Waals surface area contributed by atoms with E-state index in [1.165, 1.54) is 0 Å². The molecule has 5 heteroatoms. The van der Waals surface area contributed by atoms with Gasteiger partial charge in [0.2, 0.25) is 5.91 Å². The maximum atomic E-state index is 11.0. The largest absolute Gasteiger partial charge is 0.480 e. The van der Waals surface area contributed by atoms with Crippen molar-refractivity contribution in [3.8, 4) is 0 Å². The van der Waals surface area contributed by atoms with E-state index in [0.717, 1.165) is 19.3 Å². The highest BCUT2D eigenvalue weighted by molar-refractivity contribution is 5.75. The van der Waals surface area contributed by atoms with Gasteiger partial charge in [-0.15, -0.1) is 0 Å². The Labute approximate surface area is 90.0 Å². The van der Waals surface area contributed by atoms with Crippen molar-refractivity contribution in [1.82, 2.24) is 5.32 Å². The van der Waals surface area contributed by atoms with E-state index in [1.54, 1.807) is 0 Å². The fourth-order valence-corrected chi connectivity index (χ4v) is 1.16. The molecule has 1 amide bonds. The molecule has 15 heavy (non-hydrogen) atoms. The number of hydrogen-bond donors (Lipinski definition) is 3. The molecular weight excluding hydrogens is 196 g/mol. The first-order valence-electron chi connectivity index (χ1n) is 5.33. The van der Waals surface area contributed by atoms with Gasteiger partial charge >= 0.3 is 5.97 Å². The van der Waals surface area contributed by atoms with Gasteiger partial charge in [0, 0.05) is 13.0 Å². The minimum absolute atomic E-state index is 0.0556. The molecule has 0 aliphatic heterocycles. The molecule has 0 aromatic heterocycles. The topological polar surface area (TPSA) is 92.4 Å². The molecule has 0 saturated heterocycles. The second-order valence-electron chi connectivity index (χ2n) is 3.54. The first-order chi connectivity index (χ1) is 7.07. The lowest BCUT2D eigenvalue weighted by molar-refractivity contribution is -0.138. The molecule has 0 aliphatic rings. The second kappa shape index (κ2) is 8.23. The third-order valence-electron chi connectivity index (χ3n) is 2.06. The lowest BCUT2D eigenvalue weighted by atomic mass is 10.1. The van der Waals surface area contributed by atoms with Crippen LogP contribution in [0.2, 0.25) is 0 Å².